The summed E-state index contributed by atoms with van der Waals surface area (Å²) in [4.78, 5) is 10.6. The van der Waals surface area contributed by atoms with Crippen molar-refractivity contribution in [3.05, 3.63) is 64.7 Å². The molecule has 3 rings (SSSR count). The van der Waals surface area contributed by atoms with Crippen LogP contribution in [-0.4, -0.2) is 24.8 Å². The predicted octanol–water partition coefficient (Wildman–Crippen LogP) is 6.57. The fourth-order valence-corrected chi connectivity index (χ4v) is 4.31. The van der Waals surface area contributed by atoms with E-state index in [9.17, 15) is 4.79 Å². The van der Waals surface area contributed by atoms with E-state index in [1.807, 2.05) is 42.5 Å². The van der Waals surface area contributed by atoms with E-state index in [4.69, 9.17) is 30.9 Å². The number of carboxylic acids is 1. The van der Waals surface area contributed by atoms with Gasteiger partial charge in [-0.3, -0.25) is 4.79 Å². The molecule has 0 bridgehead atoms. The third-order valence-corrected chi connectivity index (χ3v) is 6.07. The summed E-state index contributed by atoms with van der Waals surface area (Å²) in [5.74, 6) is 0.296. The number of rotatable bonds is 11. The summed E-state index contributed by atoms with van der Waals surface area (Å²) in [7, 11) is 1.68. The van der Waals surface area contributed by atoms with Crippen LogP contribution >= 0.6 is 11.6 Å². The van der Waals surface area contributed by atoms with Crippen molar-refractivity contribution in [3.63, 3.8) is 0 Å². The number of methoxy groups -OCH3 is 1. The zero-order valence-corrected chi connectivity index (χ0v) is 18.7. The molecule has 2 aromatic carbocycles. The molecular weight excluding hydrogens is 416 g/mol. The molecule has 1 fully saturated rings. The molecule has 31 heavy (non-hydrogen) atoms. The first-order chi connectivity index (χ1) is 15.1. The predicted molar refractivity (Wildman–Crippen MR) is 120 cm³/mol. The van der Waals surface area contributed by atoms with Crippen LogP contribution in [0.4, 0.5) is 0 Å². The van der Waals surface area contributed by atoms with Crippen molar-refractivity contribution >= 4 is 17.6 Å². The number of halogens is 1. The standard InChI is InChI=1S/C25H31ClO5/c1-29-22-15-10-8-13-20(22)24-18(11-5-3-2-4-6-16-23(27)28)17-30-25(31-24)19-12-7-9-14-21(19)26/h7-10,12-15,18,24-25H,2-6,11,16-17H2,1H3,(H,27,28)/t18-,24+,25+/m1/s1. The first-order valence-corrected chi connectivity index (χ1v) is 11.3. The van der Waals surface area contributed by atoms with Gasteiger partial charge in [-0.05, 0) is 25.0 Å². The highest BCUT2D eigenvalue weighted by molar-refractivity contribution is 6.31. The maximum Gasteiger partial charge on any atom is 0.303 e. The molecule has 1 heterocycles. The largest absolute Gasteiger partial charge is 0.496 e. The van der Waals surface area contributed by atoms with Crippen molar-refractivity contribution in [3.8, 4) is 5.75 Å². The summed E-state index contributed by atoms with van der Waals surface area (Å²) >= 11 is 6.39. The van der Waals surface area contributed by atoms with Gasteiger partial charge in [0.05, 0.1) is 19.8 Å². The Hall–Kier alpha value is -2.08. The van der Waals surface area contributed by atoms with Crippen molar-refractivity contribution in [1.29, 1.82) is 0 Å². The first-order valence-electron chi connectivity index (χ1n) is 11.0. The molecule has 0 aromatic heterocycles. The van der Waals surface area contributed by atoms with Gasteiger partial charge >= 0.3 is 5.97 Å². The fourth-order valence-electron chi connectivity index (χ4n) is 4.09. The maximum atomic E-state index is 10.6. The molecule has 0 unspecified atom stereocenters. The normalized spacial score (nSPS) is 21.0. The van der Waals surface area contributed by atoms with Gasteiger partial charge in [-0.25, -0.2) is 0 Å². The van der Waals surface area contributed by atoms with Crippen LogP contribution in [0.5, 0.6) is 5.75 Å². The fraction of sp³-hybridized carbons (Fsp3) is 0.480. The van der Waals surface area contributed by atoms with E-state index in [0.717, 1.165) is 55.4 Å². The van der Waals surface area contributed by atoms with E-state index in [1.54, 1.807) is 7.11 Å². The van der Waals surface area contributed by atoms with Gasteiger partial charge in [-0.15, -0.1) is 0 Å². The zero-order chi connectivity index (χ0) is 22.1. The molecular formula is C25H31ClO5. The molecule has 168 valence electrons. The lowest BCUT2D eigenvalue weighted by Gasteiger charge is -2.38. The maximum absolute atomic E-state index is 10.6. The van der Waals surface area contributed by atoms with Crippen molar-refractivity contribution in [2.75, 3.05) is 13.7 Å². The van der Waals surface area contributed by atoms with Crippen molar-refractivity contribution in [2.45, 2.75) is 57.3 Å². The number of benzene rings is 2. The topological polar surface area (TPSA) is 65.0 Å². The highest BCUT2D eigenvalue weighted by Crippen LogP contribution is 2.44. The van der Waals surface area contributed by atoms with Crippen LogP contribution in [0, 0.1) is 5.92 Å². The summed E-state index contributed by atoms with van der Waals surface area (Å²) in [5.41, 5.74) is 1.86. The number of unbranched alkanes of at least 4 members (excludes halogenated alkanes) is 4. The summed E-state index contributed by atoms with van der Waals surface area (Å²) in [6.07, 6.45) is 5.41. The Bertz CT molecular complexity index is 840. The number of carboxylic acid groups (broad SMARTS) is 1. The summed E-state index contributed by atoms with van der Waals surface area (Å²) < 4.78 is 18.2. The average molecular weight is 447 g/mol. The summed E-state index contributed by atoms with van der Waals surface area (Å²) in [6, 6.07) is 15.6. The quantitative estimate of drug-likeness (QED) is 0.395. The van der Waals surface area contributed by atoms with E-state index >= 15 is 0 Å². The van der Waals surface area contributed by atoms with E-state index in [-0.39, 0.29) is 18.4 Å². The lowest BCUT2D eigenvalue weighted by atomic mass is 9.89. The summed E-state index contributed by atoms with van der Waals surface area (Å²) in [5, 5.41) is 9.37. The number of aliphatic carboxylic acids is 1. The number of hydrogen-bond donors (Lipinski definition) is 1. The molecule has 2 aromatic rings. The van der Waals surface area contributed by atoms with Crippen LogP contribution in [0.3, 0.4) is 0 Å². The molecule has 0 aliphatic carbocycles. The van der Waals surface area contributed by atoms with Crippen LogP contribution in [0.1, 0.15) is 68.5 Å². The molecule has 0 amide bonds. The Kier molecular flexibility index (Phi) is 9.19. The third-order valence-electron chi connectivity index (χ3n) is 5.73. The second-order valence-corrected chi connectivity index (χ2v) is 8.35. The molecule has 1 saturated heterocycles. The lowest BCUT2D eigenvalue weighted by Crippen LogP contribution is -2.31. The van der Waals surface area contributed by atoms with Gasteiger partial charge < -0.3 is 19.3 Å². The molecule has 3 atom stereocenters. The molecule has 6 heteroatoms. The Balaban J connectivity index is 1.65. The summed E-state index contributed by atoms with van der Waals surface area (Å²) in [6.45, 7) is 0.581. The van der Waals surface area contributed by atoms with Crippen LogP contribution in [-0.2, 0) is 14.3 Å². The molecule has 5 nitrogen and oxygen atoms in total. The second kappa shape index (κ2) is 12.1. The SMILES string of the molecule is COc1ccccc1[C@H]1O[C@@H](c2ccccc2Cl)OC[C@H]1CCCCCCCC(=O)O. The Labute approximate surface area is 189 Å². The molecule has 1 N–H and O–H groups in total. The minimum absolute atomic E-state index is 0.154. The Morgan fingerprint density at radius 1 is 1.03 bits per heavy atom. The Morgan fingerprint density at radius 2 is 1.71 bits per heavy atom. The lowest BCUT2D eigenvalue weighted by molar-refractivity contribution is -0.245. The van der Waals surface area contributed by atoms with Crippen molar-refractivity contribution in [1.82, 2.24) is 0 Å². The molecule has 0 saturated carbocycles. The van der Waals surface area contributed by atoms with Gasteiger partial charge in [0.15, 0.2) is 6.29 Å². The highest BCUT2D eigenvalue weighted by atomic mass is 35.5. The monoisotopic (exact) mass is 446 g/mol. The van der Waals surface area contributed by atoms with Gasteiger partial charge in [-0.2, -0.15) is 0 Å². The average Bonchev–Trinajstić information content (AvgIpc) is 2.78. The number of carbonyl (C=O) groups is 1. The van der Waals surface area contributed by atoms with Crippen molar-refractivity contribution in [2.24, 2.45) is 5.92 Å². The first kappa shape index (κ1) is 23.6. The minimum atomic E-state index is -0.718. The molecule has 0 spiro atoms. The molecule has 1 aliphatic heterocycles. The van der Waals surface area contributed by atoms with Crippen LogP contribution < -0.4 is 4.74 Å². The molecule has 1 aliphatic rings. The minimum Gasteiger partial charge on any atom is -0.496 e. The van der Waals surface area contributed by atoms with Gasteiger partial charge in [0.2, 0.25) is 0 Å². The van der Waals surface area contributed by atoms with E-state index < -0.39 is 12.3 Å². The van der Waals surface area contributed by atoms with Gasteiger partial charge in [0, 0.05) is 28.5 Å². The zero-order valence-electron chi connectivity index (χ0n) is 18.0. The van der Waals surface area contributed by atoms with Crippen molar-refractivity contribution < 1.29 is 24.1 Å². The van der Waals surface area contributed by atoms with E-state index in [2.05, 4.69) is 6.07 Å². The van der Waals surface area contributed by atoms with E-state index in [0.29, 0.717) is 11.6 Å². The number of para-hydroxylation sites is 1. The van der Waals surface area contributed by atoms with Gasteiger partial charge in [-0.1, -0.05) is 73.7 Å². The van der Waals surface area contributed by atoms with E-state index in [1.165, 1.54) is 0 Å². The highest BCUT2D eigenvalue weighted by Gasteiger charge is 2.35. The number of hydrogen-bond acceptors (Lipinski definition) is 4. The van der Waals surface area contributed by atoms with Crippen LogP contribution in [0.25, 0.3) is 0 Å². The van der Waals surface area contributed by atoms with Crippen LogP contribution in [0.15, 0.2) is 48.5 Å². The second-order valence-electron chi connectivity index (χ2n) is 7.95. The number of ether oxygens (including phenoxy) is 3. The van der Waals surface area contributed by atoms with Gasteiger partial charge in [0.1, 0.15) is 5.75 Å². The van der Waals surface area contributed by atoms with Gasteiger partial charge in [0.25, 0.3) is 0 Å². The Morgan fingerprint density at radius 3 is 2.45 bits per heavy atom. The smallest absolute Gasteiger partial charge is 0.303 e. The van der Waals surface area contributed by atoms with Crippen LogP contribution in [0.2, 0.25) is 5.02 Å². The molecule has 0 radical (unpaired) electrons. The third kappa shape index (κ3) is 6.70.